The molecule has 0 aromatic carbocycles. The van der Waals surface area contributed by atoms with Crippen LogP contribution in [0.3, 0.4) is 0 Å². The Morgan fingerprint density at radius 2 is 2.30 bits per heavy atom. The molecule has 23 heavy (non-hydrogen) atoms. The fourth-order valence-corrected chi connectivity index (χ4v) is 3.17. The highest BCUT2D eigenvalue weighted by Crippen LogP contribution is 2.32. The maximum Gasteiger partial charge on any atom is 0.189 e. The SMILES string of the molecule is C#C[C@@]1(O)CCCN(c2nc(SC)nc3c(F)c(Cl)ncc23)C1. The number of halogens is 2. The number of terminal acetylenes is 1. The molecule has 0 aliphatic carbocycles. The molecule has 1 N–H and O–H groups in total. The first-order valence-electron chi connectivity index (χ1n) is 6.98. The number of piperidine rings is 1. The fraction of sp³-hybridized carbons (Fsp3) is 0.400. The van der Waals surface area contributed by atoms with Crippen LogP contribution in [0.15, 0.2) is 11.4 Å². The van der Waals surface area contributed by atoms with E-state index in [9.17, 15) is 9.50 Å². The summed E-state index contributed by atoms with van der Waals surface area (Å²) in [4.78, 5) is 14.3. The van der Waals surface area contributed by atoms with Gasteiger partial charge < -0.3 is 10.0 Å². The minimum atomic E-state index is -1.21. The van der Waals surface area contributed by atoms with E-state index in [4.69, 9.17) is 18.0 Å². The summed E-state index contributed by atoms with van der Waals surface area (Å²) in [5.41, 5.74) is -1.10. The van der Waals surface area contributed by atoms with Crippen molar-refractivity contribution in [2.45, 2.75) is 23.6 Å². The number of hydrogen-bond donors (Lipinski definition) is 1. The largest absolute Gasteiger partial charge is 0.376 e. The average molecular weight is 353 g/mol. The Labute approximate surface area is 142 Å². The zero-order valence-corrected chi connectivity index (χ0v) is 14.0. The Balaban J connectivity index is 2.17. The van der Waals surface area contributed by atoms with Crippen molar-refractivity contribution in [3.05, 3.63) is 17.2 Å². The van der Waals surface area contributed by atoms with Crippen molar-refractivity contribution in [1.82, 2.24) is 15.0 Å². The highest BCUT2D eigenvalue weighted by Gasteiger charge is 2.33. The van der Waals surface area contributed by atoms with E-state index in [-0.39, 0.29) is 17.2 Å². The number of hydrogen-bond acceptors (Lipinski definition) is 6. The summed E-state index contributed by atoms with van der Waals surface area (Å²) < 4.78 is 14.3. The van der Waals surface area contributed by atoms with Gasteiger partial charge in [-0.2, -0.15) is 0 Å². The molecule has 120 valence electrons. The molecule has 0 unspecified atom stereocenters. The lowest BCUT2D eigenvalue weighted by atomic mass is 9.94. The number of thioether (sulfide) groups is 1. The van der Waals surface area contributed by atoms with E-state index in [1.54, 1.807) is 6.26 Å². The molecule has 2 aromatic heterocycles. The number of fused-ring (bicyclic) bond motifs is 1. The standard InChI is InChI=1S/C15H14ClFN4OS/c1-3-15(22)5-4-6-21(8-15)13-9-7-18-12(16)10(17)11(9)19-14(20-13)23-2/h1,7,22H,4-6,8H2,2H3/t15-/m1/s1. The number of anilines is 1. The topological polar surface area (TPSA) is 62.1 Å². The van der Waals surface area contributed by atoms with Crippen LogP contribution in [0.2, 0.25) is 5.15 Å². The lowest BCUT2D eigenvalue weighted by molar-refractivity contribution is 0.0841. The molecule has 0 bridgehead atoms. The van der Waals surface area contributed by atoms with Crippen molar-refractivity contribution in [2.24, 2.45) is 0 Å². The molecule has 0 radical (unpaired) electrons. The molecule has 1 saturated heterocycles. The first-order chi connectivity index (χ1) is 11.0. The molecule has 1 atom stereocenters. The maximum absolute atomic E-state index is 14.3. The summed E-state index contributed by atoms with van der Waals surface area (Å²) in [7, 11) is 0. The van der Waals surface area contributed by atoms with Crippen molar-refractivity contribution in [3.63, 3.8) is 0 Å². The Hall–Kier alpha value is -1.62. The van der Waals surface area contributed by atoms with Gasteiger partial charge in [-0.25, -0.2) is 19.3 Å². The second kappa shape index (κ2) is 6.11. The Kier molecular flexibility index (Phi) is 4.32. The van der Waals surface area contributed by atoms with Gasteiger partial charge in [0, 0.05) is 12.7 Å². The van der Waals surface area contributed by atoms with Gasteiger partial charge in [-0.3, -0.25) is 0 Å². The smallest absolute Gasteiger partial charge is 0.189 e. The summed E-state index contributed by atoms with van der Waals surface area (Å²) >= 11 is 7.06. The average Bonchev–Trinajstić information content (AvgIpc) is 2.57. The van der Waals surface area contributed by atoms with Gasteiger partial charge in [0.15, 0.2) is 16.1 Å². The maximum atomic E-state index is 14.3. The van der Waals surface area contributed by atoms with Gasteiger partial charge in [0.05, 0.1) is 11.9 Å². The molecule has 8 heteroatoms. The van der Waals surface area contributed by atoms with Crippen LogP contribution in [0.5, 0.6) is 0 Å². The molecule has 1 aliphatic rings. The second-order valence-corrected chi connectivity index (χ2v) is 6.49. The molecule has 5 nitrogen and oxygen atoms in total. The lowest BCUT2D eigenvalue weighted by Gasteiger charge is -2.37. The van der Waals surface area contributed by atoms with E-state index in [2.05, 4.69) is 20.9 Å². The van der Waals surface area contributed by atoms with Gasteiger partial charge in [0.25, 0.3) is 0 Å². The Morgan fingerprint density at radius 1 is 1.52 bits per heavy atom. The lowest BCUT2D eigenvalue weighted by Crippen LogP contribution is -2.47. The van der Waals surface area contributed by atoms with E-state index in [0.717, 1.165) is 0 Å². The molecular formula is C15H14ClFN4OS. The number of β-amino-alcohol motifs (C(OH)–C–C–N with tert-alkyl or cyclic N) is 1. The Bertz CT molecular complexity index is 812. The van der Waals surface area contributed by atoms with Crippen molar-refractivity contribution < 1.29 is 9.50 Å². The van der Waals surface area contributed by atoms with Crippen LogP contribution in [-0.2, 0) is 0 Å². The van der Waals surface area contributed by atoms with Crippen molar-refractivity contribution in [1.29, 1.82) is 0 Å². The van der Waals surface area contributed by atoms with E-state index in [1.165, 1.54) is 18.0 Å². The molecule has 3 heterocycles. The van der Waals surface area contributed by atoms with E-state index in [0.29, 0.717) is 35.7 Å². The summed E-state index contributed by atoms with van der Waals surface area (Å²) in [5.74, 6) is 2.27. The molecule has 1 fully saturated rings. The zero-order chi connectivity index (χ0) is 16.6. The number of pyridine rings is 1. The van der Waals surface area contributed by atoms with Gasteiger partial charge in [0.1, 0.15) is 16.9 Å². The summed E-state index contributed by atoms with van der Waals surface area (Å²) in [6.45, 7) is 0.891. The number of aromatic nitrogens is 3. The summed E-state index contributed by atoms with van der Waals surface area (Å²) in [6, 6.07) is 0. The number of nitrogens with zero attached hydrogens (tertiary/aromatic N) is 4. The molecule has 0 saturated carbocycles. The number of rotatable bonds is 2. The number of aliphatic hydroxyl groups is 1. The fourth-order valence-electron chi connectivity index (χ4n) is 2.67. The highest BCUT2D eigenvalue weighted by atomic mass is 35.5. The second-order valence-electron chi connectivity index (χ2n) is 5.36. The third-order valence-electron chi connectivity index (χ3n) is 3.82. The van der Waals surface area contributed by atoms with Gasteiger partial charge in [0.2, 0.25) is 0 Å². The Morgan fingerprint density at radius 3 is 3.00 bits per heavy atom. The van der Waals surface area contributed by atoms with Crippen LogP contribution >= 0.6 is 23.4 Å². The minimum Gasteiger partial charge on any atom is -0.376 e. The van der Waals surface area contributed by atoms with Gasteiger partial charge >= 0.3 is 0 Å². The van der Waals surface area contributed by atoms with E-state index < -0.39 is 11.4 Å². The normalized spacial score (nSPS) is 21.4. The molecule has 1 aliphatic heterocycles. The van der Waals surface area contributed by atoms with Crippen LogP contribution in [-0.4, -0.2) is 45.0 Å². The third kappa shape index (κ3) is 2.94. The quantitative estimate of drug-likeness (QED) is 0.388. The van der Waals surface area contributed by atoms with Crippen molar-refractivity contribution in [2.75, 3.05) is 24.2 Å². The van der Waals surface area contributed by atoms with Gasteiger partial charge in [-0.1, -0.05) is 29.3 Å². The van der Waals surface area contributed by atoms with Crippen molar-refractivity contribution in [3.8, 4) is 12.3 Å². The van der Waals surface area contributed by atoms with Crippen LogP contribution in [0.25, 0.3) is 10.9 Å². The van der Waals surface area contributed by atoms with Gasteiger partial charge in [-0.15, -0.1) is 6.42 Å². The first-order valence-corrected chi connectivity index (χ1v) is 8.58. The van der Waals surface area contributed by atoms with Gasteiger partial charge in [-0.05, 0) is 19.1 Å². The van der Waals surface area contributed by atoms with Crippen LogP contribution in [0.4, 0.5) is 10.2 Å². The third-order valence-corrected chi connectivity index (χ3v) is 4.63. The first kappa shape index (κ1) is 16.2. The molecular weight excluding hydrogens is 339 g/mol. The van der Waals surface area contributed by atoms with Crippen LogP contribution < -0.4 is 4.90 Å². The predicted molar refractivity (Wildman–Crippen MR) is 89.3 cm³/mol. The minimum absolute atomic E-state index is 0.120. The summed E-state index contributed by atoms with van der Waals surface area (Å²) in [6.07, 6.45) is 9.93. The summed E-state index contributed by atoms with van der Waals surface area (Å²) in [5, 5.41) is 11.0. The van der Waals surface area contributed by atoms with Crippen LogP contribution in [0, 0.1) is 18.2 Å². The van der Waals surface area contributed by atoms with E-state index >= 15 is 0 Å². The monoisotopic (exact) mass is 352 g/mol. The highest BCUT2D eigenvalue weighted by molar-refractivity contribution is 7.98. The predicted octanol–water partition coefficient (Wildman–Crippen LogP) is 2.50. The zero-order valence-electron chi connectivity index (χ0n) is 12.4. The molecule has 3 rings (SSSR count). The molecule has 0 spiro atoms. The molecule has 0 amide bonds. The van der Waals surface area contributed by atoms with E-state index in [1.807, 2.05) is 4.90 Å². The van der Waals surface area contributed by atoms with Crippen molar-refractivity contribution >= 4 is 40.1 Å². The molecule has 2 aromatic rings. The van der Waals surface area contributed by atoms with Crippen LogP contribution in [0.1, 0.15) is 12.8 Å².